The Labute approximate surface area is 105 Å². The predicted molar refractivity (Wildman–Crippen MR) is 68.8 cm³/mol. The van der Waals surface area contributed by atoms with Gasteiger partial charge in [0.25, 0.3) is 0 Å². The molecule has 17 heavy (non-hydrogen) atoms. The molecule has 1 fully saturated rings. The predicted octanol–water partition coefficient (Wildman–Crippen LogP) is 1.09. The molecule has 0 aromatic carbocycles. The third kappa shape index (κ3) is 3.68. The van der Waals surface area contributed by atoms with Crippen LogP contribution < -0.4 is 0 Å². The maximum absolute atomic E-state index is 11.4. The fourth-order valence-electron chi connectivity index (χ4n) is 2.81. The molecule has 0 saturated carbocycles. The van der Waals surface area contributed by atoms with Crippen LogP contribution in [0.5, 0.6) is 0 Å². The Morgan fingerprint density at radius 1 is 1.35 bits per heavy atom. The quantitative estimate of drug-likeness (QED) is 0.805. The Balaban J connectivity index is 2.53. The second-order valence-electron chi connectivity index (χ2n) is 5.73. The van der Waals surface area contributed by atoms with Crippen molar-refractivity contribution >= 4 is 5.91 Å². The van der Waals surface area contributed by atoms with Gasteiger partial charge < -0.3 is 10.0 Å². The third-order valence-corrected chi connectivity index (χ3v) is 3.60. The Kier molecular flexibility index (Phi) is 4.95. The number of carbonyl (C=O) groups excluding carboxylic acids is 1. The molecule has 0 atom stereocenters. The van der Waals surface area contributed by atoms with Gasteiger partial charge >= 0.3 is 0 Å². The number of likely N-dealkylation sites (tertiary alicyclic amines) is 1. The van der Waals surface area contributed by atoms with Crippen LogP contribution in [0.15, 0.2) is 0 Å². The van der Waals surface area contributed by atoms with Gasteiger partial charge in [-0.3, -0.25) is 9.69 Å². The number of amides is 1. The van der Waals surface area contributed by atoms with Crippen LogP contribution in [0.4, 0.5) is 0 Å². The zero-order valence-electron chi connectivity index (χ0n) is 11.6. The van der Waals surface area contributed by atoms with Gasteiger partial charge in [-0.2, -0.15) is 0 Å². The summed E-state index contributed by atoms with van der Waals surface area (Å²) in [5.74, 6) is -0.137. The lowest BCUT2D eigenvalue weighted by atomic mass is 9.96. The zero-order chi connectivity index (χ0) is 13.1. The summed E-state index contributed by atoms with van der Waals surface area (Å²) in [6.45, 7) is 11.1. The van der Waals surface area contributed by atoms with E-state index < -0.39 is 0 Å². The molecule has 0 spiro atoms. The van der Waals surface area contributed by atoms with Gasteiger partial charge in [-0.15, -0.1) is 0 Å². The molecular weight excluding hydrogens is 216 g/mol. The van der Waals surface area contributed by atoms with Crippen molar-refractivity contribution in [2.45, 2.75) is 52.1 Å². The van der Waals surface area contributed by atoms with E-state index >= 15 is 0 Å². The first-order chi connectivity index (χ1) is 7.90. The molecule has 1 heterocycles. The Bertz CT molecular complexity index is 253. The molecule has 1 aliphatic rings. The molecule has 1 N–H and O–H groups in total. The molecule has 1 rings (SSSR count). The number of aliphatic hydroxyl groups excluding tert-OH is 1. The molecule has 1 aliphatic heterocycles. The van der Waals surface area contributed by atoms with E-state index in [9.17, 15) is 4.79 Å². The maximum atomic E-state index is 11.4. The van der Waals surface area contributed by atoms with Crippen LogP contribution in [0.3, 0.4) is 0 Å². The highest BCUT2D eigenvalue weighted by molar-refractivity contribution is 5.77. The van der Waals surface area contributed by atoms with Crippen molar-refractivity contribution in [2.75, 3.05) is 26.2 Å². The average Bonchev–Trinajstić information content (AvgIpc) is 2.28. The summed E-state index contributed by atoms with van der Waals surface area (Å²) in [6.07, 6.45) is 2.02. The van der Waals surface area contributed by atoms with Crippen LogP contribution in [-0.2, 0) is 4.79 Å². The fraction of sp³-hybridized carbons (Fsp3) is 0.923. The highest BCUT2D eigenvalue weighted by Crippen LogP contribution is 2.24. The number of hydrogen-bond acceptors (Lipinski definition) is 3. The second kappa shape index (κ2) is 5.83. The van der Waals surface area contributed by atoms with E-state index in [1.54, 1.807) is 4.90 Å². The fourth-order valence-corrected chi connectivity index (χ4v) is 2.81. The first-order valence-corrected chi connectivity index (χ1v) is 6.55. The van der Waals surface area contributed by atoms with E-state index in [1.807, 2.05) is 0 Å². The van der Waals surface area contributed by atoms with Gasteiger partial charge in [0.15, 0.2) is 0 Å². The smallest absolute Gasteiger partial charge is 0.248 e. The van der Waals surface area contributed by atoms with Crippen LogP contribution in [0, 0.1) is 0 Å². The van der Waals surface area contributed by atoms with E-state index in [1.165, 1.54) is 0 Å². The molecule has 0 bridgehead atoms. The van der Waals surface area contributed by atoms with Crippen molar-refractivity contribution in [1.82, 2.24) is 9.80 Å². The lowest BCUT2D eigenvalue weighted by Crippen LogP contribution is -2.53. The second-order valence-corrected chi connectivity index (χ2v) is 5.73. The normalized spacial score (nSPS) is 18.8. The summed E-state index contributed by atoms with van der Waals surface area (Å²) in [6, 6.07) is 0.558. The van der Waals surface area contributed by atoms with Crippen molar-refractivity contribution < 1.29 is 9.90 Å². The molecule has 0 aromatic heterocycles. The molecule has 1 saturated heterocycles. The van der Waals surface area contributed by atoms with Gasteiger partial charge in [-0.1, -0.05) is 6.92 Å². The highest BCUT2D eigenvalue weighted by Gasteiger charge is 2.31. The van der Waals surface area contributed by atoms with Gasteiger partial charge in [0, 0.05) is 24.7 Å². The van der Waals surface area contributed by atoms with Gasteiger partial charge in [0.05, 0.1) is 0 Å². The lowest BCUT2D eigenvalue weighted by Gasteiger charge is -2.44. The van der Waals surface area contributed by atoms with E-state index in [-0.39, 0.29) is 18.1 Å². The SMILES string of the molecule is CCN(C1CCN(C(=O)CO)CC1)C(C)(C)C. The minimum atomic E-state index is -0.360. The molecule has 0 aromatic rings. The summed E-state index contributed by atoms with van der Waals surface area (Å²) >= 11 is 0. The summed E-state index contributed by atoms with van der Waals surface area (Å²) in [7, 11) is 0. The Morgan fingerprint density at radius 2 is 1.88 bits per heavy atom. The number of hydrogen-bond donors (Lipinski definition) is 1. The van der Waals surface area contributed by atoms with Crippen molar-refractivity contribution in [2.24, 2.45) is 0 Å². The van der Waals surface area contributed by atoms with E-state index in [0.29, 0.717) is 6.04 Å². The monoisotopic (exact) mass is 242 g/mol. The van der Waals surface area contributed by atoms with Gasteiger partial charge in [0.1, 0.15) is 6.61 Å². The lowest BCUT2D eigenvalue weighted by molar-refractivity contribution is -0.136. The maximum Gasteiger partial charge on any atom is 0.248 e. The third-order valence-electron chi connectivity index (χ3n) is 3.60. The summed E-state index contributed by atoms with van der Waals surface area (Å²) in [4.78, 5) is 15.7. The van der Waals surface area contributed by atoms with Gasteiger partial charge in [0.2, 0.25) is 5.91 Å². The average molecular weight is 242 g/mol. The molecular formula is C13H26N2O2. The van der Waals surface area contributed by atoms with Gasteiger partial charge in [-0.25, -0.2) is 0 Å². The summed E-state index contributed by atoms with van der Waals surface area (Å²) in [5.41, 5.74) is 0.183. The van der Waals surface area contributed by atoms with Crippen molar-refractivity contribution in [1.29, 1.82) is 0 Å². The van der Waals surface area contributed by atoms with Crippen molar-refractivity contribution in [3.63, 3.8) is 0 Å². The number of carbonyl (C=O) groups is 1. The molecule has 4 heteroatoms. The first kappa shape index (κ1) is 14.5. The van der Waals surface area contributed by atoms with E-state index in [0.717, 1.165) is 32.5 Å². The van der Waals surface area contributed by atoms with Crippen molar-refractivity contribution in [3.05, 3.63) is 0 Å². The van der Waals surface area contributed by atoms with E-state index in [4.69, 9.17) is 5.11 Å². The zero-order valence-corrected chi connectivity index (χ0v) is 11.6. The Morgan fingerprint density at radius 3 is 2.24 bits per heavy atom. The minimum Gasteiger partial charge on any atom is -0.387 e. The van der Waals surface area contributed by atoms with Crippen molar-refractivity contribution in [3.8, 4) is 0 Å². The van der Waals surface area contributed by atoms with Crippen LogP contribution in [0.25, 0.3) is 0 Å². The van der Waals surface area contributed by atoms with Crippen LogP contribution in [-0.4, -0.2) is 58.6 Å². The van der Waals surface area contributed by atoms with Crippen LogP contribution in [0.2, 0.25) is 0 Å². The Hall–Kier alpha value is -0.610. The number of piperidine rings is 1. The molecule has 0 unspecified atom stereocenters. The molecule has 4 nitrogen and oxygen atoms in total. The first-order valence-electron chi connectivity index (χ1n) is 6.55. The van der Waals surface area contributed by atoms with E-state index in [2.05, 4.69) is 32.6 Å². The van der Waals surface area contributed by atoms with Gasteiger partial charge in [-0.05, 0) is 40.2 Å². The van der Waals surface area contributed by atoms with Crippen LogP contribution in [0.1, 0.15) is 40.5 Å². The number of aliphatic hydroxyl groups is 1. The standard InChI is InChI=1S/C13H26N2O2/c1-5-15(13(2,3)4)11-6-8-14(9-7-11)12(17)10-16/h11,16H,5-10H2,1-4H3. The summed E-state index contributed by atoms with van der Waals surface area (Å²) in [5, 5.41) is 8.84. The molecule has 1 amide bonds. The van der Waals surface area contributed by atoms with Crippen LogP contribution >= 0.6 is 0 Å². The number of nitrogens with zero attached hydrogens (tertiary/aromatic N) is 2. The topological polar surface area (TPSA) is 43.8 Å². The minimum absolute atomic E-state index is 0.137. The highest BCUT2D eigenvalue weighted by atomic mass is 16.3. The molecule has 0 radical (unpaired) electrons. The number of rotatable bonds is 3. The molecule has 100 valence electrons. The molecule has 0 aliphatic carbocycles. The summed E-state index contributed by atoms with van der Waals surface area (Å²) < 4.78 is 0. The largest absolute Gasteiger partial charge is 0.387 e.